The molecule has 1 aliphatic heterocycles. The van der Waals surface area contributed by atoms with Crippen molar-refractivity contribution in [1.82, 2.24) is 10.2 Å². The Hall–Kier alpha value is -1.26. The molecule has 2 amide bonds. The summed E-state index contributed by atoms with van der Waals surface area (Å²) >= 11 is 0. The molecule has 1 heterocycles. The molecule has 19 heavy (non-hydrogen) atoms. The molecule has 0 aromatic carbocycles. The summed E-state index contributed by atoms with van der Waals surface area (Å²) in [5.74, 6) is 1.20. The molecular weight excluding hydrogens is 244 g/mol. The highest BCUT2D eigenvalue weighted by atomic mass is 16.5. The van der Waals surface area contributed by atoms with Crippen LogP contribution in [0.2, 0.25) is 0 Å². The van der Waals surface area contributed by atoms with Gasteiger partial charge in [-0.05, 0) is 24.2 Å². The number of likely N-dealkylation sites (tertiary alicyclic amines) is 1. The minimum atomic E-state index is -0.549. The summed E-state index contributed by atoms with van der Waals surface area (Å²) in [6, 6.07) is -0.502. The van der Waals surface area contributed by atoms with Crippen molar-refractivity contribution in [3.63, 3.8) is 0 Å². The van der Waals surface area contributed by atoms with Crippen molar-refractivity contribution in [2.75, 3.05) is 20.2 Å². The van der Waals surface area contributed by atoms with Crippen LogP contribution in [0.4, 0.5) is 4.79 Å². The largest absolute Gasteiger partial charge is 0.453 e. The molecule has 1 rings (SSSR count). The molecule has 0 aliphatic carbocycles. The molecule has 0 aromatic heterocycles. The first-order chi connectivity index (χ1) is 8.86. The predicted octanol–water partition coefficient (Wildman–Crippen LogP) is 1.87. The number of nitrogens with zero attached hydrogens (tertiary/aromatic N) is 1. The van der Waals surface area contributed by atoms with Gasteiger partial charge in [0.1, 0.15) is 6.04 Å². The quantitative estimate of drug-likeness (QED) is 0.848. The van der Waals surface area contributed by atoms with Gasteiger partial charge in [-0.1, -0.05) is 27.7 Å². The number of carbonyl (C=O) groups is 2. The zero-order valence-corrected chi connectivity index (χ0v) is 12.6. The first-order valence-electron chi connectivity index (χ1n) is 7.00. The SMILES string of the molecule is COC(=O)N[C@H](C(=O)N1CC[C@H](C(C)C)C1)C(C)C. The lowest BCUT2D eigenvalue weighted by molar-refractivity contribution is -0.133. The van der Waals surface area contributed by atoms with E-state index in [1.807, 2.05) is 18.7 Å². The molecule has 1 fully saturated rings. The van der Waals surface area contributed by atoms with Gasteiger partial charge in [0.05, 0.1) is 7.11 Å². The summed E-state index contributed by atoms with van der Waals surface area (Å²) in [6.07, 6.45) is 0.499. The molecule has 5 heteroatoms. The van der Waals surface area contributed by atoms with Crippen LogP contribution < -0.4 is 5.32 Å². The fraction of sp³-hybridized carbons (Fsp3) is 0.857. The van der Waals surface area contributed by atoms with Gasteiger partial charge in [0.15, 0.2) is 0 Å². The minimum absolute atomic E-state index is 0.00329. The number of hydrogen-bond acceptors (Lipinski definition) is 3. The number of nitrogens with one attached hydrogen (secondary N) is 1. The van der Waals surface area contributed by atoms with Crippen LogP contribution in [0, 0.1) is 17.8 Å². The van der Waals surface area contributed by atoms with Gasteiger partial charge in [-0.25, -0.2) is 4.79 Å². The number of alkyl carbamates (subject to hydrolysis) is 1. The number of methoxy groups -OCH3 is 1. The standard InChI is InChI=1S/C14H26N2O3/c1-9(2)11-6-7-16(8-11)13(17)12(10(3)4)15-14(18)19-5/h9-12H,6-8H2,1-5H3,(H,15,18)/t11-,12-/m0/s1. The zero-order valence-electron chi connectivity index (χ0n) is 12.6. The highest BCUT2D eigenvalue weighted by molar-refractivity contribution is 5.86. The van der Waals surface area contributed by atoms with Gasteiger partial charge in [-0.15, -0.1) is 0 Å². The molecule has 110 valence electrons. The Morgan fingerprint density at radius 2 is 1.89 bits per heavy atom. The second-order valence-corrected chi connectivity index (χ2v) is 5.93. The number of hydrogen-bond donors (Lipinski definition) is 1. The summed E-state index contributed by atoms with van der Waals surface area (Å²) in [5, 5.41) is 2.63. The monoisotopic (exact) mass is 270 g/mol. The van der Waals surface area contributed by atoms with E-state index in [9.17, 15) is 9.59 Å². The van der Waals surface area contributed by atoms with Crippen molar-refractivity contribution in [2.24, 2.45) is 17.8 Å². The van der Waals surface area contributed by atoms with Crippen molar-refractivity contribution in [3.05, 3.63) is 0 Å². The topological polar surface area (TPSA) is 58.6 Å². The van der Waals surface area contributed by atoms with Crippen LogP contribution in [0.25, 0.3) is 0 Å². The van der Waals surface area contributed by atoms with Gasteiger partial charge in [0.25, 0.3) is 0 Å². The molecule has 0 radical (unpaired) electrons. The predicted molar refractivity (Wildman–Crippen MR) is 73.7 cm³/mol. The van der Waals surface area contributed by atoms with E-state index in [4.69, 9.17) is 0 Å². The first kappa shape index (κ1) is 15.8. The van der Waals surface area contributed by atoms with Gasteiger partial charge in [0, 0.05) is 13.1 Å². The molecule has 1 N–H and O–H groups in total. The second-order valence-electron chi connectivity index (χ2n) is 5.93. The van der Waals surface area contributed by atoms with Crippen molar-refractivity contribution < 1.29 is 14.3 Å². The van der Waals surface area contributed by atoms with Crippen molar-refractivity contribution >= 4 is 12.0 Å². The fourth-order valence-corrected chi connectivity index (χ4v) is 2.43. The minimum Gasteiger partial charge on any atom is -0.453 e. The van der Waals surface area contributed by atoms with E-state index in [0.717, 1.165) is 19.5 Å². The number of carbonyl (C=O) groups excluding carboxylic acids is 2. The molecule has 0 unspecified atom stereocenters. The third kappa shape index (κ3) is 4.11. The molecule has 0 spiro atoms. The summed E-state index contributed by atoms with van der Waals surface area (Å²) in [5.41, 5.74) is 0. The van der Waals surface area contributed by atoms with E-state index in [-0.39, 0.29) is 11.8 Å². The average Bonchev–Trinajstić information content (AvgIpc) is 2.84. The Morgan fingerprint density at radius 1 is 1.26 bits per heavy atom. The summed E-state index contributed by atoms with van der Waals surface area (Å²) < 4.78 is 4.58. The number of rotatable bonds is 4. The second kappa shape index (κ2) is 6.78. The van der Waals surface area contributed by atoms with Crippen molar-refractivity contribution in [1.29, 1.82) is 0 Å². The van der Waals surface area contributed by atoms with Crippen LogP contribution in [0.5, 0.6) is 0 Å². The van der Waals surface area contributed by atoms with Crippen LogP contribution in [0.1, 0.15) is 34.1 Å². The maximum Gasteiger partial charge on any atom is 0.407 e. The molecule has 0 bridgehead atoms. The Balaban J connectivity index is 2.65. The molecule has 0 aromatic rings. The summed E-state index contributed by atoms with van der Waals surface area (Å²) in [6.45, 7) is 9.80. The van der Waals surface area contributed by atoms with E-state index >= 15 is 0 Å². The maximum absolute atomic E-state index is 12.5. The van der Waals surface area contributed by atoms with Crippen molar-refractivity contribution in [2.45, 2.75) is 40.2 Å². The lowest BCUT2D eigenvalue weighted by Gasteiger charge is -2.26. The Morgan fingerprint density at radius 3 is 2.32 bits per heavy atom. The highest BCUT2D eigenvalue weighted by Gasteiger charge is 2.34. The molecule has 2 atom stereocenters. The molecule has 1 saturated heterocycles. The Bertz CT molecular complexity index is 329. The number of ether oxygens (including phenoxy) is 1. The Kier molecular flexibility index (Phi) is 5.63. The fourth-order valence-electron chi connectivity index (χ4n) is 2.43. The van der Waals surface area contributed by atoms with Crippen molar-refractivity contribution in [3.8, 4) is 0 Å². The van der Waals surface area contributed by atoms with Crippen LogP contribution in [-0.2, 0) is 9.53 Å². The molecule has 1 aliphatic rings. The third-order valence-corrected chi connectivity index (χ3v) is 3.87. The molecule has 5 nitrogen and oxygen atoms in total. The van der Waals surface area contributed by atoms with Crippen LogP contribution in [-0.4, -0.2) is 43.1 Å². The smallest absolute Gasteiger partial charge is 0.407 e. The third-order valence-electron chi connectivity index (χ3n) is 3.87. The molecule has 0 saturated carbocycles. The van der Waals surface area contributed by atoms with Gasteiger partial charge in [-0.2, -0.15) is 0 Å². The first-order valence-corrected chi connectivity index (χ1v) is 7.00. The van der Waals surface area contributed by atoms with E-state index in [2.05, 4.69) is 23.9 Å². The number of amides is 2. The maximum atomic E-state index is 12.5. The average molecular weight is 270 g/mol. The van der Waals surface area contributed by atoms with Crippen LogP contribution in [0.15, 0.2) is 0 Å². The lowest BCUT2D eigenvalue weighted by Crippen LogP contribution is -2.50. The Labute approximate surface area is 115 Å². The lowest BCUT2D eigenvalue weighted by atomic mass is 9.95. The summed E-state index contributed by atoms with van der Waals surface area (Å²) in [4.78, 5) is 25.6. The van der Waals surface area contributed by atoms with E-state index in [1.165, 1.54) is 7.11 Å². The van der Waals surface area contributed by atoms with Gasteiger partial charge < -0.3 is 15.0 Å². The highest BCUT2D eigenvalue weighted by Crippen LogP contribution is 2.24. The van der Waals surface area contributed by atoms with E-state index in [1.54, 1.807) is 0 Å². The van der Waals surface area contributed by atoms with Crippen LogP contribution in [0.3, 0.4) is 0 Å². The van der Waals surface area contributed by atoms with Gasteiger partial charge in [-0.3, -0.25) is 4.79 Å². The van der Waals surface area contributed by atoms with Gasteiger partial charge >= 0.3 is 6.09 Å². The zero-order chi connectivity index (χ0) is 14.6. The normalized spacial score (nSPS) is 20.8. The van der Waals surface area contributed by atoms with E-state index in [0.29, 0.717) is 11.8 Å². The summed E-state index contributed by atoms with van der Waals surface area (Å²) in [7, 11) is 1.31. The van der Waals surface area contributed by atoms with E-state index < -0.39 is 12.1 Å². The molecular formula is C14H26N2O3. The van der Waals surface area contributed by atoms with Gasteiger partial charge in [0.2, 0.25) is 5.91 Å². The van der Waals surface area contributed by atoms with Crippen LogP contribution >= 0.6 is 0 Å².